The highest BCUT2D eigenvalue weighted by atomic mass is 16.6. The molecule has 0 fully saturated rings. The molecule has 2 aromatic rings. The lowest BCUT2D eigenvalue weighted by atomic mass is 9.97. The van der Waals surface area contributed by atoms with Crippen molar-refractivity contribution in [2.45, 2.75) is 78.5 Å². The third-order valence-electron chi connectivity index (χ3n) is 4.81. The van der Waals surface area contributed by atoms with Crippen LogP contribution in [0.1, 0.15) is 72.0 Å². The van der Waals surface area contributed by atoms with E-state index in [4.69, 9.17) is 4.74 Å². The van der Waals surface area contributed by atoms with Gasteiger partial charge in [-0.25, -0.2) is 4.79 Å². The van der Waals surface area contributed by atoms with Gasteiger partial charge in [-0.05, 0) is 51.3 Å². The second-order valence-electron chi connectivity index (χ2n) is 7.53. The van der Waals surface area contributed by atoms with Gasteiger partial charge in [0.15, 0.2) is 0 Å². The van der Waals surface area contributed by atoms with E-state index in [1.165, 1.54) is 10.8 Å². The van der Waals surface area contributed by atoms with E-state index < -0.39 is 0 Å². The van der Waals surface area contributed by atoms with Crippen molar-refractivity contribution >= 4 is 16.9 Å². The number of benzene rings is 2. The molecule has 2 rings (SSSR count). The van der Waals surface area contributed by atoms with Crippen molar-refractivity contribution < 1.29 is 9.53 Å². The zero-order valence-electron chi connectivity index (χ0n) is 16.9. The van der Waals surface area contributed by atoms with Crippen molar-refractivity contribution in [3.8, 4) is 0 Å². The highest BCUT2D eigenvalue weighted by molar-refractivity contribution is 5.86. The first-order valence-electron chi connectivity index (χ1n) is 9.92. The number of hydrogen-bond donors (Lipinski definition) is 0. The summed E-state index contributed by atoms with van der Waals surface area (Å²) in [6.45, 7) is 10.3. The average molecular weight is 356 g/mol. The Morgan fingerprint density at radius 2 is 1.62 bits per heavy atom. The van der Waals surface area contributed by atoms with Crippen molar-refractivity contribution in [3.63, 3.8) is 0 Å². The molecule has 1 amide bonds. The van der Waals surface area contributed by atoms with Gasteiger partial charge in [0, 0.05) is 17.6 Å². The number of carbonyl (C=O) groups excluding carboxylic acids is 1. The van der Waals surface area contributed by atoms with E-state index in [-0.39, 0.29) is 24.3 Å². The van der Waals surface area contributed by atoms with Crippen molar-refractivity contribution in [2.24, 2.45) is 0 Å². The van der Waals surface area contributed by atoms with E-state index in [2.05, 4.69) is 37.3 Å². The van der Waals surface area contributed by atoms with E-state index in [0.717, 1.165) is 31.2 Å². The number of nitrogens with zero attached hydrogens (tertiary/aromatic N) is 1. The minimum atomic E-state index is -0.218. The van der Waals surface area contributed by atoms with Crippen LogP contribution < -0.4 is 0 Å². The molecule has 0 aliphatic carbocycles. The van der Waals surface area contributed by atoms with Gasteiger partial charge in [0.2, 0.25) is 0 Å². The van der Waals surface area contributed by atoms with Gasteiger partial charge in [0.25, 0.3) is 0 Å². The number of amides is 1. The lowest BCUT2D eigenvalue weighted by Gasteiger charge is -2.32. The summed E-state index contributed by atoms with van der Waals surface area (Å²) in [7, 11) is 0. The van der Waals surface area contributed by atoms with Gasteiger partial charge in [-0.2, -0.15) is 0 Å². The number of hydrogen-bond acceptors (Lipinski definition) is 2. The smallest absolute Gasteiger partial charge is 0.410 e. The van der Waals surface area contributed by atoms with E-state index in [9.17, 15) is 4.79 Å². The van der Waals surface area contributed by atoms with Crippen molar-refractivity contribution in [1.29, 1.82) is 0 Å². The SMILES string of the molecule is CCCCC[C@H](OC(=O)N(C(C)C)C(C)C)c1cccc2ccccc12. The van der Waals surface area contributed by atoms with Gasteiger partial charge in [0.1, 0.15) is 6.10 Å². The van der Waals surface area contributed by atoms with Crippen LogP contribution in [-0.4, -0.2) is 23.1 Å². The number of ether oxygens (including phenoxy) is 1. The molecule has 0 unspecified atom stereocenters. The van der Waals surface area contributed by atoms with Crippen LogP contribution >= 0.6 is 0 Å². The molecule has 0 heterocycles. The molecule has 142 valence electrons. The van der Waals surface area contributed by atoms with Crippen LogP contribution in [0.15, 0.2) is 42.5 Å². The van der Waals surface area contributed by atoms with Crippen molar-refractivity contribution in [2.75, 3.05) is 0 Å². The Kier molecular flexibility index (Phi) is 7.50. The third kappa shape index (κ3) is 5.00. The van der Waals surface area contributed by atoms with Gasteiger partial charge in [-0.3, -0.25) is 0 Å². The maximum Gasteiger partial charge on any atom is 0.410 e. The first-order valence-corrected chi connectivity index (χ1v) is 9.92. The minimum Gasteiger partial charge on any atom is -0.441 e. The topological polar surface area (TPSA) is 29.5 Å². The Bertz CT molecular complexity index is 695. The molecule has 0 saturated heterocycles. The van der Waals surface area contributed by atoms with Crippen molar-refractivity contribution in [3.05, 3.63) is 48.0 Å². The fraction of sp³-hybridized carbons (Fsp3) is 0.522. The molecule has 0 aliphatic rings. The van der Waals surface area contributed by atoms with Gasteiger partial charge in [-0.15, -0.1) is 0 Å². The quantitative estimate of drug-likeness (QED) is 0.492. The van der Waals surface area contributed by atoms with Gasteiger partial charge >= 0.3 is 6.09 Å². The summed E-state index contributed by atoms with van der Waals surface area (Å²) in [4.78, 5) is 14.7. The monoisotopic (exact) mass is 355 g/mol. The molecule has 0 bridgehead atoms. The van der Waals surface area contributed by atoms with Crippen LogP contribution in [0.5, 0.6) is 0 Å². The maximum atomic E-state index is 12.9. The van der Waals surface area contributed by atoms with Crippen LogP contribution in [0.4, 0.5) is 4.79 Å². The summed E-state index contributed by atoms with van der Waals surface area (Å²) in [5, 5.41) is 2.36. The lowest BCUT2D eigenvalue weighted by Crippen LogP contribution is -2.42. The summed E-state index contributed by atoms with van der Waals surface area (Å²) < 4.78 is 6.06. The first kappa shape index (κ1) is 20.3. The summed E-state index contributed by atoms with van der Waals surface area (Å²) in [5.74, 6) is 0. The second-order valence-corrected chi connectivity index (χ2v) is 7.53. The zero-order chi connectivity index (χ0) is 19.1. The Hall–Kier alpha value is -2.03. The normalized spacial score (nSPS) is 12.6. The molecule has 0 radical (unpaired) electrons. The maximum absolute atomic E-state index is 12.9. The zero-order valence-corrected chi connectivity index (χ0v) is 16.9. The minimum absolute atomic E-state index is 0.117. The second kappa shape index (κ2) is 9.61. The van der Waals surface area contributed by atoms with E-state index in [0.29, 0.717) is 0 Å². The predicted octanol–water partition coefficient (Wildman–Crippen LogP) is 6.72. The fourth-order valence-electron chi connectivity index (χ4n) is 3.59. The summed E-state index contributed by atoms with van der Waals surface area (Å²) >= 11 is 0. The number of unbranched alkanes of at least 4 members (excludes halogenated alkanes) is 2. The molecule has 0 spiro atoms. The standard InChI is InChI=1S/C23H33NO2/c1-6-7-8-16-22(26-23(25)24(17(2)3)18(4)5)21-15-11-13-19-12-9-10-14-20(19)21/h9-15,17-18,22H,6-8,16H2,1-5H3/t22-/m0/s1. The molecule has 3 heteroatoms. The summed E-state index contributed by atoms with van der Waals surface area (Å²) in [6, 6.07) is 14.8. The molecule has 0 aromatic heterocycles. The van der Waals surface area contributed by atoms with Crippen LogP contribution in [0.3, 0.4) is 0 Å². The average Bonchev–Trinajstić information content (AvgIpc) is 2.60. The molecule has 0 aliphatic heterocycles. The van der Waals surface area contributed by atoms with Crippen LogP contribution in [0, 0.1) is 0 Å². The Morgan fingerprint density at radius 3 is 2.27 bits per heavy atom. The summed E-state index contributed by atoms with van der Waals surface area (Å²) in [6.07, 6.45) is 3.79. The van der Waals surface area contributed by atoms with Crippen molar-refractivity contribution in [1.82, 2.24) is 4.90 Å². The van der Waals surface area contributed by atoms with Crippen LogP contribution in [-0.2, 0) is 4.74 Å². The molecule has 26 heavy (non-hydrogen) atoms. The number of fused-ring (bicyclic) bond motifs is 1. The molecule has 0 N–H and O–H groups in total. The predicted molar refractivity (Wildman–Crippen MR) is 109 cm³/mol. The number of rotatable bonds is 8. The highest BCUT2D eigenvalue weighted by Crippen LogP contribution is 2.31. The fourth-order valence-corrected chi connectivity index (χ4v) is 3.59. The lowest BCUT2D eigenvalue weighted by molar-refractivity contribution is 0.0411. The Morgan fingerprint density at radius 1 is 0.962 bits per heavy atom. The van der Waals surface area contributed by atoms with Crippen LogP contribution in [0.2, 0.25) is 0 Å². The van der Waals surface area contributed by atoms with E-state index in [1.807, 2.05) is 44.7 Å². The van der Waals surface area contributed by atoms with Gasteiger partial charge < -0.3 is 9.64 Å². The van der Waals surface area contributed by atoms with Gasteiger partial charge in [-0.1, -0.05) is 62.2 Å². The van der Waals surface area contributed by atoms with Crippen LogP contribution in [0.25, 0.3) is 10.8 Å². The molecule has 1 atom stereocenters. The number of carbonyl (C=O) groups is 1. The highest BCUT2D eigenvalue weighted by Gasteiger charge is 2.26. The molecule has 2 aromatic carbocycles. The van der Waals surface area contributed by atoms with E-state index >= 15 is 0 Å². The molecular weight excluding hydrogens is 322 g/mol. The van der Waals surface area contributed by atoms with Gasteiger partial charge in [0.05, 0.1) is 0 Å². The molecule has 0 saturated carbocycles. The van der Waals surface area contributed by atoms with E-state index in [1.54, 1.807) is 0 Å². The Labute approximate surface area is 158 Å². The third-order valence-corrected chi connectivity index (χ3v) is 4.81. The largest absolute Gasteiger partial charge is 0.441 e. The summed E-state index contributed by atoms with van der Waals surface area (Å²) in [5.41, 5.74) is 1.11. The molecule has 3 nitrogen and oxygen atoms in total. The Balaban J connectivity index is 2.32. The molecular formula is C23H33NO2. The first-order chi connectivity index (χ1) is 12.5.